The summed E-state index contributed by atoms with van der Waals surface area (Å²) in [6.45, 7) is 0. The van der Waals surface area contributed by atoms with Crippen molar-refractivity contribution >= 4 is 49.4 Å². The van der Waals surface area contributed by atoms with Crippen LogP contribution >= 0.6 is 0 Å². The molecule has 1 aromatic heterocycles. The quantitative estimate of drug-likeness (QED) is 0.177. The molecule has 9 rings (SSSR count). The first-order valence-electron chi connectivity index (χ1n) is 16.0. The zero-order valence-electron chi connectivity index (χ0n) is 25.7. The highest BCUT2D eigenvalue weighted by Gasteiger charge is 2.15. The van der Waals surface area contributed by atoms with Gasteiger partial charge in [-0.3, -0.25) is 4.98 Å². The molecule has 220 valence electrons. The fraction of sp³-hybridized carbons (Fsp3) is 0. The summed E-state index contributed by atoms with van der Waals surface area (Å²) in [6, 6.07) is 61.4. The van der Waals surface area contributed by atoms with Crippen LogP contribution in [0.3, 0.4) is 0 Å². The van der Waals surface area contributed by atoms with Gasteiger partial charge in [-0.2, -0.15) is 0 Å². The van der Waals surface area contributed by atoms with E-state index in [1.165, 1.54) is 54.6 Å². The molecule has 0 aliphatic rings. The van der Waals surface area contributed by atoms with Crippen LogP contribution in [-0.2, 0) is 0 Å². The Labute approximate surface area is 274 Å². The van der Waals surface area contributed by atoms with Crippen molar-refractivity contribution in [2.75, 3.05) is 4.90 Å². The smallest absolute Gasteiger partial charge is 0.0462 e. The van der Waals surface area contributed by atoms with E-state index in [-0.39, 0.29) is 0 Å². The molecule has 0 unspecified atom stereocenters. The fourth-order valence-electron chi connectivity index (χ4n) is 6.97. The number of para-hydroxylation sites is 1. The normalized spacial score (nSPS) is 11.4. The number of rotatable bonds is 6. The predicted octanol–water partition coefficient (Wildman–Crippen LogP) is 12.4. The molecule has 0 N–H and O–H groups in total. The molecule has 9 aromatic rings. The Balaban J connectivity index is 1.09. The standard InChI is InChI=1S/C45H30N2/c1-3-8-31(9-4-1)39-26-34-13-15-36-28-40(29-37-16-14-35(27-39)44(34)45(36)37)33-19-23-43(24-20-33)47(41-11-5-2-6-12-41)42-21-17-32(18-22-42)38-10-7-25-46-30-38/h1-30H. The van der Waals surface area contributed by atoms with Crippen LogP contribution in [0.5, 0.6) is 0 Å². The van der Waals surface area contributed by atoms with Gasteiger partial charge in [0, 0.05) is 29.5 Å². The maximum absolute atomic E-state index is 4.29. The summed E-state index contributed by atoms with van der Waals surface area (Å²) in [6.07, 6.45) is 3.71. The maximum atomic E-state index is 4.29. The SMILES string of the molecule is c1ccc(-c2cc3ccc4cc(-c5ccc(N(c6ccccc6)c6ccc(-c7cccnc7)cc6)cc5)cc5ccc(c2)c3c45)cc1. The largest absolute Gasteiger partial charge is 0.311 e. The summed E-state index contributed by atoms with van der Waals surface area (Å²) in [4.78, 5) is 6.60. The van der Waals surface area contributed by atoms with Gasteiger partial charge < -0.3 is 4.90 Å². The molecule has 0 bridgehead atoms. The van der Waals surface area contributed by atoms with Crippen LogP contribution in [-0.4, -0.2) is 4.98 Å². The van der Waals surface area contributed by atoms with Crippen molar-refractivity contribution in [3.05, 3.63) is 182 Å². The van der Waals surface area contributed by atoms with Gasteiger partial charge in [-0.05, 0) is 132 Å². The van der Waals surface area contributed by atoms with Crippen molar-refractivity contribution in [3.63, 3.8) is 0 Å². The first kappa shape index (κ1) is 27.1. The van der Waals surface area contributed by atoms with Crippen molar-refractivity contribution in [3.8, 4) is 33.4 Å². The molecule has 0 aliphatic heterocycles. The van der Waals surface area contributed by atoms with E-state index in [0.717, 1.165) is 28.2 Å². The predicted molar refractivity (Wildman–Crippen MR) is 199 cm³/mol. The van der Waals surface area contributed by atoms with Gasteiger partial charge in [-0.25, -0.2) is 0 Å². The Morgan fingerprint density at radius 2 is 0.723 bits per heavy atom. The molecule has 0 saturated carbocycles. The molecular weight excluding hydrogens is 569 g/mol. The van der Waals surface area contributed by atoms with E-state index in [4.69, 9.17) is 0 Å². The Bertz CT molecular complexity index is 2400. The second kappa shape index (κ2) is 11.3. The van der Waals surface area contributed by atoms with Gasteiger partial charge in [-0.1, -0.05) is 103 Å². The van der Waals surface area contributed by atoms with Gasteiger partial charge in [0.1, 0.15) is 0 Å². The second-order valence-corrected chi connectivity index (χ2v) is 12.1. The summed E-state index contributed by atoms with van der Waals surface area (Å²) >= 11 is 0. The number of aromatic nitrogens is 1. The number of benzene rings is 8. The number of hydrogen-bond donors (Lipinski definition) is 0. The molecule has 0 atom stereocenters. The van der Waals surface area contributed by atoms with Crippen LogP contribution < -0.4 is 4.90 Å². The third-order valence-corrected chi connectivity index (χ3v) is 9.23. The lowest BCUT2D eigenvalue weighted by atomic mass is 9.89. The molecule has 2 heteroatoms. The number of hydrogen-bond acceptors (Lipinski definition) is 2. The van der Waals surface area contributed by atoms with E-state index >= 15 is 0 Å². The average molecular weight is 599 g/mol. The molecule has 0 amide bonds. The Kier molecular flexibility index (Phi) is 6.50. The van der Waals surface area contributed by atoms with E-state index < -0.39 is 0 Å². The van der Waals surface area contributed by atoms with Crippen LogP contribution in [0.2, 0.25) is 0 Å². The van der Waals surface area contributed by atoms with Gasteiger partial charge in [0.2, 0.25) is 0 Å². The van der Waals surface area contributed by atoms with E-state index in [0.29, 0.717) is 0 Å². The molecule has 0 saturated heterocycles. The van der Waals surface area contributed by atoms with Gasteiger partial charge >= 0.3 is 0 Å². The number of pyridine rings is 1. The highest BCUT2D eigenvalue weighted by molar-refractivity contribution is 6.24. The van der Waals surface area contributed by atoms with E-state index in [9.17, 15) is 0 Å². The van der Waals surface area contributed by atoms with E-state index in [1.54, 1.807) is 0 Å². The molecule has 0 aliphatic carbocycles. The highest BCUT2D eigenvalue weighted by atomic mass is 15.1. The van der Waals surface area contributed by atoms with Gasteiger partial charge in [0.05, 0.1) is 0 Å². The lowest BCUT2D eigenvalue weighted by Crippen LogP contribution is -2.09. The third kappa shape index (κ3) is 4.88. The third-order valence-electron chi connectivity index (χ3n) is 9.23. The summed E-state index contributed by atoms with van der Waals surface area (Å²) in [5, 5.41) is 7.79. The number of nitrogens with zero attached hydrogens (tertiary/aromatic N) is 2. The molecule has 1 heterocycles. The summed E-state index contributed by atoms with van der Waals surface area (Å²) in [5.74, 6) is 0. The minimum absolute atomic E-state index is 1.11. The molecular formula is C45H30N2. The van der Waals surface area contributed by atoms with Gasteiger partial charge in [-0.15, -0.1) is 0 Å². The zero-order valence-corrected chi connectivity index (χ0v) is 25.7. The Morgan fingerprint density at radius 1 is 0.319 bits per heavy atom. The van der Waals surface area contributed by atoms with Crippen LogP contribution in [0.25, 0.3) is 65.7 Å². The topological polar surface area (TPSA) is 16.1 Å². The Morgan fingerprint density at radius 3 is 1.19 bits per heavy atom. The minimum Gasteiger partial charge on any atom is -0.311 e. The average Bonchev–Trinajstić information content (AvgIpc) is 3.15. The maximum Gasteiger partial charge on any atom is 0.0462 e. The van der Waals surface area contributed by atoms with Crippen LogP contribution in [0, 0.1) is 0 Å². The molecule has 8 aromatic carbocycles. The molecule has 47 heavy (non-hydrogen) atoms. The Hall–Kier alpha value is -6.25. The summed E-state index contributed by atoms with van der Waals surface area (Å²) in [5.41, 5.74) is 10.5. The highest BCUT2D eigenvalue weighted by Crippen LogP contribution is 2.41. The van der Waals surface area contributed by atoms with Crippen molar-refractivity contribution in [2.24, 2.45) is 0 Å². The summed E-state index contributed by atoms with van der Waals surface area (Å²) < 4.78 is 0. The van der Waals surface area contributed by atoms with Crippen molar-refractivity contribution in [1.29, 1.82) is 0 Å². The first-order valence-corrected chi connectivity index (χ1v) is 16.0. The summed E-state index contributed by atoms with van der Waals surface area (Å²) in [7, 11) is 0. The monoisotopic (exact) mass is 598 g/mol. The first-order chi connectivity index (χ1) is 23.3. The molecule has 0 spiro atoms. The van der Waals surface area contributed by atoms with Crippen LogP contribution in [0.4, 0.5) is 17.1 Å². The van der Waals surface area contributed by atoms with Crippen molar-refractivity contribution in [2.45, 2.75) is 0 Å². The van der Waals surface area contributed by atoms with Crippen LogP contribution in [0.15, 0.2) is 182 Å². The van der Waals surface area contributed by atoms with Gasteiger partial charge in [0.25, 0.3) is 0 Å². The van der Waals surface area contributed by atoms with Crippen LogP contribution in [0.1, 0.15) is 0 Å². The lowest BCUT2D eigenvalue weighted by molar-refractivity contribution is 1.28. The van der Waals surface area contributed by atoms with Crippen molar-refractivity contribution < 1.29 is 0 Å². The van der Waals surface area contributed by atoms with Gasteiger partial charge in [0.15, 0.2) is 0 Å². The zero-order chi connectivity index (χ0) is 31.2. The van der Waals surface area contributed by atoms with E-state index in [1.807, 2.05) is 18.5 Å². The number of anilines is 3. The molecule has 0 radical (unpaired) electrons. The fourth-order valence-corrected chi connectivity index (χ4v) is 6.97. The van der Waals surface area contributed by atoms with Crippen molar-refractivity contribution in [1.82, 2.24) is 4.98 Å². The lowest BCUT2D eigenvalue weighted by Gasteiger charge is -2.26. The molecule has 2 nitrogen and oxygen atoms in total. The molecule has 0 fully saturated rings. The van der Waals surface area contributed by atoms with E-state index in [2.05, 4.69) is 174 Å². The minimum atomic E-state index is 1.11. The second-order valence-electron chi connectivity index (χ2n) is 12.1.